The van der Waals surface area contributed by atoms with Crippen LogP contribution in [0.3, 0.4) is 0 Å². The first-order valence-corrected chi connectivity index (χ1v) is 10.4. The Morgan fingerprint density at radius 1 is 1.12 bits per heavy atom. The van der Waals surface area contributed by atoms with Crippen molar-refractivity contribution in [2.75, 3.05) is 52.4 Å². The fraction of sp³-hybridized carbons (Fsp3) is 0.318. The molecule has 0 saturated carbocycles. The number of ether oxygens (including phenoxy) is 4. The molecule has 1 aliphatic heterocycles. The number of carbonyl (C=O) groups excluding carboxylic acids is 1. The zero-order valence-electron chi connectivity index (χ0n) is 18.0. The largest absolute Gasteiger partial charge is 0.495 e. The van der Waals surface area contributed by atoms with Crippen molar-refractivity contribution >= 4 is 35.1 Å². The second kappa shape index (κ2) is 11.9. The van der Waals surface area contributed by atoms with E-state index in [0.717, 1.165) is 11.3 Å². The molecule has 0 radical (unpaired) electrons. The quantitative estimate of drug-likeness (QED) is 0.354. The van der Waals surface area contributed by atoms with Crippen molar-refractivity contribution in [3.8, 4) is 17.2 Å². The van der Waals surface area contributed by atoms with Crippen LogP contribution in [-0.2, 0) is 9.53 Å². The molecular weight excluding hydrogens is 432 g/mol. The SMILES string of the molecule is COc1ccccc1NC(=S)N/N=C/c1ccc(OCC(=O)N2CCOCC2)c(OC)c1. The zero-order chi connectivity index (χ0) is 22.8. The van der Waals surface area contributed by atoms with Crippen LogP contribution in [0.15, 0.2) is 47.6 Å². The van der Waals surface area contributed by atoms with Gasteiger partial charge in [0.15, 0.2) is 23.2 Å². The number of nitrogens with zero attached hydrogens (tertiary/aromatic N) is 2. The normalized spacial score (nSPS) is 13.5. The minimum Gasteiger partial charge on any atom is -0.495 e. The minimum absolute atomic E-state index is 0.0613. The van der Waals surface area contributed by atoms with Crippen molar-refractivity contribution < 1.29 is 23.7 Å². The van der Waals surface area contributed by atoms with Gasteiger partial charge in [0.05, 0.1) is 39.3 Å². The van der Waals surface area contributed by atoms with Crippen molar-refractivity contribution in [3.05, 3.63) is 48.0 Å². The van der Waals surface area contributed by atoms with Gasteiger partial charge in [-0.3, -0.25) is 10.2 Å². The third kappa shape index (κ3) is 6.56. The van der Waals surface area contributed by atoms with Crippen LogP contribution in [0.25, 0.3) is 0 Å². The summed E-state index contributed by atoms with van der Waals surface area (Å²) >= 11 is 5.26. The van der Waals surface area contributed by atoms with Crippen LogP contribution >= 0.6 is 12.2 Å². The fourth-order valence-electron chi connectivity index (χ4n) is 2.99. The Bertz CT molecular complexity index is 963. The lowest BCUT2D eigenvalue weighted by Crippen LogP contribution is -2.43. The van der Waals surface area contributed by atoms with Crippen molar-refractivity contribution in [2.24, 2.45) is 5.10 Å². The topological polar surface area (TPSA) is 93.6 Å². The molecule has 2 aromatic carbocycles. The number of amides is 1. The third-order valence-electron chi connectivity index (χ3n) is 4.64. The molecule has 0 spiro atoms. The van der Waals surface area contributed by atoms with Gasteiger partial charge in [0, 0.05) is 13.1 Å². The van der Waals surface area contributed by atoms with E-state index in [2.05, 4.69) is 15.8 Å². The number of benzene rings is 2. The molecule has 0 aliphatic carbocycles. The molecule has 2 aromatic rings. The van der Waals surface area contributed by atoms with E-state index < -0.39 is 0 Å². The van der Waals surface area contributed by atoms with Crippen LogP contribution in [0.5, 0.6) is 17.2 Å². The number of nitrogens with one attached hydrogen (secondary N) is 2. The number of carbonyl (C=O) groups is 1. The van der Waals surface area contributed by atoms with Gasteiger partial charge in [-0.25, -0.2) is 0 Å². The molecule has 0 unspecified atom stereocenters. The van der Waals surface area contributed by atoms with Crippen LogP contribution in [0.4, 0.5) is 5.69 Å². The number of hydrogen-bond donors (Lipinski definition) is 2. The van der Waals surface area contributed by atoms with E-state index in [4.69, 9.17) is 31.2 Å². The molecule has 0 aromatic heterocycles. The van der Waals surface area contributed by atoms with Gasteiger partial charge < -0.3 is 29.2 Å². The summed E-state index contributed by atoms with van der Waals surface area (Å²) in [7, 11) is 3.13. The average Bonchev–Trinajstić information content (AvgIpc) is 2.83. The van der Waals surface area contributed by atoms with E-state index in [1.54, 1.807) is 36.4 Å². The number of hydrogen-bond acceptors (Lipinski definition) is 7. The monoisotopic (exact) mass is 458 g/mol. The Kier molecular flexibility index (Phi) is 8.64. The molecule has 1 aliphatic rings. The number of para-hydroxylation sites is 2. The molecule has 170 valence electrons. The molecule has 0 bridgehead atoms. The predicted octanol–water partition coefficient (Wildman–Crippen LogP) is 2.26. The first kappa shape index (κ1) is 23.3. The number of thiocarbonyl (C=S) groups is 1. The van der Waals surface area contributed by atoms with Gasteiger partial charge in [0.1, 0.15) is 5.75 Å². The van der Waals surface area contributed by atoms with Gasteiger partial charge >= 0.3 is 0 Å². The summed E-state index contributed by atoms with van der Waals surface area (Å²) in [6.07, 6.45) is 1.60. The lowest BCUT2D eigenvalue weighted by atomic mass is 10.2. The lowest BCUT2D eigenvalue weighted by Gasteiger charge is -2.26. The Hall–Kier alpha value is -3.37. The molecule has 10 heteroatoms. The summed E-state index contributed by atoms with van der Waals surface area (Å²) in [5.41, 5.74) is 4.26. The van der Waals surface area contributed by atoms with E-state index in [9.17, 15) is 4.79 Å². The van der Waals surface area contributed by atoms with Crippen molar-refractivity contribution in [3.63, 3.8) is 0 Å². The third-order valence-corrected chi connectivity index (χ3v) is 4.83. The highest BCUT2D eigenvalue weighted by Crippen LogP contribution is 2.27. The summed E-state index contributed by atoms with van der Waals surface area (Å²) in [6.45, 7) is 2.20. The molecule has 0 atom stereocenters. The summed E-state index contributed by atoms with van der Waals surface area (Å²) in [5, 5.41) is 7.49. The van der Waals surface area contributed by atoms with Gasteiger partial charge in [-0.1, -0.05) is 12.1 Å². The highest BCUT2D eigenvalue weighted by Gasteiger charge is 2.18. The molecule has 1 saturated heterocycles. The number of morpholine rings is 1. The maximum absolute atomic E-state index is 12.3. The number of methoxy groups -OCH3 is 2. The highest BCUT2D eigenvalue weighted by atomic mass is 32.1. The minimum atomic E-state index is -0.0822. The Balaban J connectivity index is 1.53. The van der Waals surface area contributed by atoms with E-state index in [1.807, 2.05) is 24.3 Å². The lowest BCUT2D eigenvalue weighted by molar-refractivity contribution is -0.137. The van der Waals surface area contributed by atoms with Crippen molar-refractivity contribution in [1.82, 2.24) is 10.3 Å². The van der Waals surface area contributed by atoms with E-state index >= 15 is 0 Å². The Labute approximate surface area is 192 Å². The van der Waals surface area contributed by atoms with Gasteiger partial charge in [-0.05, 0) is 48.1 Å². The standard InChI is InChI=1S/C22H26N4O5S/c1-28-18-6-4-3-5-17(18)24-22(32)25-23-14-16-7-8-19(20(13-16)29-2)31-15-21(27)26-9-11-30-12-10-26/h3-8,13-14H,9-12,15H2,1-2H3,(H2,24,25,32)/b23-14+. The van der Waals surface area contributed by atoms with E-state index in [0.29, 0.717) is 48.7 Å². The van der Waals surface area contributed by atoms with Gasteiger partial charge in [-0.2, -0.15) is 5.10 Å². The van der Waals surface area contributed by atoms with Crippen molar-refractivity contribution in [1.29, 1.82) is 0 Å². The second-order valence-electron chi connectivity index (χ2n) is 6.72. The van der Waals surface area contributed by atoms with Crippen LogP contribution in [-0.4, -0.2) is 69.3 Å². The Morgan fingerprint density at radius 2 is 1.88 bits per heavy atom. The van der Waals surface area contributed by atoms with Gasteiger partial charge in [0.25, 0.3) is 5.91 Å². The summed E-state index contributed by atoms with van der Waals surface area (Å²) in [6, 6.07) is 12.7. The number of hydrazone groups is 1. The van der Waals surface area contributed by atoms with E-state index in [-0.39, 0.29) is 12.5 Å². The molecule has 2 N–H and O–H groups in total. The van der Waals surface area contributed by atoms with Crippen LogP contribution in [0, 0.1) is 0 Å². The second-order valence-corrected chi connectivity index (χ2v) is 7.12. The maximum atomic E-state index is 12.3. The van der Waals surface area contributed by atoms with Crippen molar-refractivity contribution in [2.45, 2.75) is 0 Å². The first-order valence-electron chi connectivity index (χ1n) is 10.00. The van der Waals surface area contributed by atoms with Crippen LogP contribution in [0.1, 0.15) is 5.56 Å². The maximum Gasteiger partial charge on any atom is 0.260 e. The van der Waals surface area contributed by atoms with Gasteiger partial charge in [-0.15, -0.1) is 0 Å². The predicted molar refractivity (Wildman–Crippen MR) is 126 cm³/mol. The molecular formula is C22H26N4O5S. The Morgan fingerprint density at radius 3 is 2.62 bits per heavy atom. The smallest absolute Gasteiger partial charge is 0.260 e. The molecule has 32 heavy (non-hydrogen) atoms. The molecule has 1 fully saturated rings. The fourth-order valence-corrected chi connectivity index (χ4v) is 3.15. The number of anilines is 1. The first-order chi connectivity index (χ1) is 15.6. The molecule has 1 amide bonds. The average molecular weight is 459 g/mol. The number of rotatable bonds is 8. The molecule has 3 rings (SSSR count). The molecule has 1 heterocycles. The van der Waals surface area contributed by atoms with Crippen LogP contribution < -0.4 is 25.0 Å². The van der Waals surface area contributed by atoms with Crippen LogP contribution in [0.2, 0.25) is 0 Å². The highest BCUT2D eigenvalue weighted by molar-refractivity contribution is 7.80. The zero-order valence-corrected chi connectivity index (χ0v) is 18.8. The van der Waals surface area contributed by atoms with E-state index in [1.165, 1.54) is 7.11 Å². The summed E-state index contributed by atoms with van der Waals surface area (Å²) in [4.78, 5) is 14.0. The molecule has 9 nitrogen and oxygen atoms in total. The summed E-state index contributed by atoms with van der Waals surface area (Å²) in [5.74, 6) is 1.57. The summed E-state index contributed by atoms with van der Waals surface area (Å²) < 4.78 is 21.6. The van der Waals surface area contributed by atoms with Gasteiger partial charge in [0.2, 0.25) is 0 Å².